The van der Waals surface area contributed by atoms with Crippen LogP contribution in [0.1, 0.15) is 36.0 Å². The van der Waals surface area contributed by atoms with Crippen molar-refractivity contribution in [2.24, 2.45) is 0 Å². The van der Waals surface area contributed by atoms with E-state index in [4.69, 9.17) is 4.74 Å². The highest BCUT2D eigenvalue weighted by molar-refractivity contribution is 8.00. The number of carbonyl (C=O) groups is 2. The van der Waals surface area contributed by atoms with Gasteiger partial charge in [0.1, 0.15) is 0 Å². The molecule has 0 radical (unpaired) electrons. The lowest BCUT2D eigenvalue weighted by Crippen LogP contribution is -2.33. The molecule has 0 heterocycles. The summed E-state index contributed by atoms with van der Waals surface area (Å²) in [4.78, 5) is 25.0. The second kappa shape index (κ2) is 9.57. The third-order valence-corrected chi connectivity index (χ3v) is 4.88. The molecule has 0 aliphatic heterocycles. The molecular weight excluding hydrogens is 312 g/mol. The number of rotatable bonds is 8. The molecule has 6 heteroatoms. The summed E-state index contributed by atoms with van der Waals surface area (Å²) < 4.78 is 4.89. The SMILES string of the molecule is COCCNC(=O)CSc1ccccc1C(=O)NC1CCCC1. The van der Waals surface area contributed by atoms with Gasteiger partial charge in [-0.05, 0) is 25.0 Å². The van der Waals surface area contributed by atoms with Crippen molar-refractivity contribution in [1.82, 2.24) is 10.6 Å². The average molecular weight is 336 g/mol. The number of benzene rings is 1. The lowest BCUT2D eigenvalue weighted by Gasteiger charge is -2.14. The maximum atomic E-state index is 12.4. The number of methoxy groups -OCH3 is 1. The van der Waals surface area contributed by atoms with E-state index in [0.29, 0.717) is 18.7 Å². The summed E-state index contributed by atoms with van der Waals surface area (Å²) >= 11 is 1.39. The maximum absolute atomic E-state index is 12.4. The van der Waals surface area contributed by atoms with Crippen LogP contribution in [0.5, 0.6) is 0 Å². The molecule has 0 aromatic heterocycles. The Kier molecular flexibility index (Phi) is 7.42. The average Bonchev–Trinajstić information content (AvgIpc) is 3.06. The van der Waals surface area contributed by atoms with E-state index in [2.05, 4.69) is 10.6 Å². The zero-order valence-electron chi connectivity index (χ0n) is 13.5. The van der Waals surface area contributed by atoms with Gasteiger partial charge in [0.25, 0.3) is 5.91 Å². The summed E-state index contributed by atoms with van der Waals surface area (Å²) in [6.45, 7) is 0.997. The van der Waals surface area contributed by atoms with Gasteiger partial charge in [-0.3, -0.25) is 9.59 Å². The maximum Gasteiger partial charge on any atom is 0.252 e. The molecule has 0 unspecified atom stereocenters. The smallest absolute Gasteiger partial charge is 0.252 e. The zero-order chi connectivity index (χ0) is 16.5. The first-order valence-electron chi connectivity index (χ1n) is 7.99. The van der Waals surface area contributed by atoms with Crippen LogP contribution in [-0.2, 0) is 9.53 Å². The van der Waals surface area contributed by atoms with Crippen LogP contribution in [0, 0.1) is 0 Å². The third-order valence-electron chi connectivity index (χ3n) is 3.81. The molecule has 0 bridgehead atoms. The minimum atomic E-state index is -0.0574. The lowest BCUT2D eigenvalue weighted by molar-refractivity contribution is -0.118. The van der Waals surface area contributed by atoms with Gasteiger partial charge in [-0.2, -0.15) is 0 Å². The van der Waals surface area contributed by atoms with E-state index in [-0.39, 0.29) is 23.6 Å². The Morgan fingerprint density at radius 3 is 2.74 bits per heavy atom. The first-order chi connectivity index (χ1) is 11.2. The van der Waals surface area contributed by atoms with Crippen molar-refractivity contribution in [2.75, 3.05) is 26.0 Å². The van der Waals surface area contributed by atoms with Gasteiger partial charge >= 0.3 is 0 Å². The van der Waals surface area contributed by atoms with Gasteiger partial charge in [-0.15, -0.1) is 11.8 Å². The summed E-state index contributed by atoms with van der Waals surface area (Å²) in [5.74, 6) is 0.190. The largest absolute Gasteiger partial charge is 0.383 e. The summed E-state index contributed by atoms with van der Waals surface area (Å²) in [6, 6.07) is 7.73. The van der Waals surface area contributed by atoms with E-state index in [1.165, 1.54) is 24.6 Å². The third kappa shape index (κ3) is 5.88. The Bertz CT molecular complexity index is 530. The number of carbonyl (C=O) groups excluding carboxylic acids is 2. The number of ether oxygens (including phenoxy) is 1. The number of nitrogens with one attached hydrogen (secondary N) is 2. The van der Waals surface area contributed by atoms with Gasteiger partial charge in [-0.1, -0.05) is 25.0 Å². The molecule has 1 aromatic rings. The first kappa shape index (κ1) is 17.8. The molecular formula is C17H24N2O3S. The minimum Gasteiger partial charge on any atom is -0.383 e. The van der Waals surface area contributed by atoms with Crippen LogP contribution >= 0.6 is 11.8 Å². The quantitative estimate of drug-likeness (QED) is 0.564. The van der Waals surface area contributed by atoms with Gasteiger partial charge in [0.05, 0.1) is 17.9 Å². The normalized spacial score (nSPS) is 14.7. The van der Waals surface area contributed by atoms with Crippen LogP contribution < -0.4 is 10.6 Å². The van der Waals surface area contributed by atoms with Crippen LogP contribution in [0.4, 0.5) is 0 Å². The fourth-order valence-corrected chi connectivity index (χ4v) is 3.48. The highest BCUT2D eigenvalue weighted by Gasteiger charge is 2.19. The zero-order valence-corrected chi connectivity index (χ0v) is 14.3. The molecule has 0 atom stereocenters. The van der Waals surface area contributed by atoms with Crippen LogP contribution in [0.3, 0.4) is 0 Å². The molecule has 2 rings (SSSR count). The van der Waals surface area contributed by atoms with Crippen LogP contribution in [0.15, 0.2) is 29.2 Å². The van der Waals surface area contributed by atoms with E-state index in [1.807, 2.05) is 24.3 Å². The van der Waals surface area contributed by atoms with Crippen molar-refractivity contribution in [2.45, 2.75) is 36.6 Å². The van der Waals surface area contributed by atoms with E-state index in [1.54, 1.807) is 7.11 Å². The monoisotopic (exact) mass is 336 g/mol. The van der Waals surface area contributed by atoms with Crippen LogP contribution in [0.25, 0.3) is 0 Å². The topological polar surface area (TPSA) is 67.4 Å². The van der Waals surface area contributed by atoms with Crippen molar-refractivity contribution >= 4 is 23.6 Å². The second-order valence-corrected chi connectivity index (χ2v) is 6.60. The Morgan fingerprint density at radius 2 is 2.00 bits per heavy atom. The van der Waals surface area contributed by atoms with E-state index in [9.17, 15) is 9.59 Å². The molecule has 126 valence electrons. The van der Waals surface area contributed by atoms with Crippen LogP contribution in [-0.4, -0.2) is 43.9 Å². The molecule has 0 spiro atoms. The van der Waals surface area contributed by atoms with E-state index >= 15 is 0 Å². The summed E-state index contributed by atoms with van der Waals surface area (Å²) in [5, 5.41) is 5.87. The predicted molar refractivity (Wildman–Crippen MR) is 91.8 cm³/mol. The summed E-state index contributed by atoms with van der Waals surface area (Å²) in [7, 11) is 1.60. The van der Waals surface area contributed by atoms with Gasteiger partial charge < -0.3 is 15.4 Å². The Balaban J connectivity index is 1.88. The fourth-order valence-electron chi connectivity index (χ4n) is 2.60. The highest BCUT2D eigenvalue weighted by atomic mass is 32.2. The number of hydrogen-bond donors (Lipinski definition) is 2. The standard InChI is InChI=1S/C17H24N2O3S/c1-22-11-10-18-16(20)12-23-15-9-5-4-8-14(15)17(21)19-13-6-2-3-7-13/h4-5,8-9,13H,2-3,6-7,10-12H2,1H3,(H,18,20)(H,19,21). The van der Waals surface area contributed by atoms with Gasteiger partial charge in [0.2, 0.25) is 5.91 Å². The van der Waals surface area contributed by atoms with Crippen molar-refractivity contribution in [1.29, 1.82) is 0 Å². The van der Waals surface area contributed by atoms with Crippen molar-refractivity contribution in [3.63, 3.8) is 0 Å². The molecule has 2 N–H and O–H groups in total. The van der Waals surface area contributed by atoms with E-state index < -0.39 is 0 Å². The molecule has 1 aliphatic rings. The summed E-state index contributed by atoms with van der Waals surface area (Å²) in [6.07, 6.45) is 4.48. The molecule has 0 saturated heterocycles. The number of hydrogen-bond acceptors (Lipinski definition) is 4. The second-order valence-electron chi connectivity index (χ2n) is 5.58. The highest BCUT2D eigenvalue weighted by Crippen LogP contribution is 2.24. The van der Waals surface area contributed by atoms with Gasteiger partial charge in [0.15, 0.2) is 0 Å². The van der Waals surface area contributed by atoms with Crippen molar-refractivity contribution in [3.8, 4) is 0 Å². The molecule has 23 heavy (non-hydrogen) atoms. The Labute approximate surface area is 141 Å². The molecule has 5 nitrogen and oxygen atoms in total. The Morgan fingerprint density at radius 1 is 1.26 bits per heavy atom. The molecule has 1 saturated carbocycles. The number of thioether (sulfide) groups is 1. The number of amides is 2. The first-order valence-corrected chi connectivity index (χ1v) is 8.97. The predicted octanol–water partition coefficient (Wildman–Crippen LogP) is 2.21. The minimum absolute atomic E-state index is 0.0419. The van der Waals surface area contributed by atoms with Crippen LogP contribution in [0.2, 0.25) is 0 Å². The van der Waals surface area contributed by atoms with Gasteiger partial charge in [0, 0.05) is 24.6 Å². The summed E-state index contributed by atoms with van der Waals surface area (Å²) in [5.41, 5.74) is 0.647. The molecule has 1 aliphatic carbocycles. The van der Waals surface area contributed by atoms with E-state index in [0.717, 1.165) is 17.7 Å². The fraction of sp³-hybridized carbons (Fsp3) is 0.529. The molecule has 2 amide bonds. The van der Waals surface area contributed by atoms with Crippen molar-refractivity contribution < 1.29 is 14.3 Å². The molecule has 1 fully saturated rings. The van der Waals surface area contributed by atoms with Crippen molar-refractivity contribution in [3.05, 3.63) is 29.8 Å². The van der Waals surface area contributed by atoms with Gasteiger partial charge in [-0.25, -0.2) is 0 Å². The Hall–Kier alpha value is -1.53. The molecule has 1 aromatic carbocycles. The lowest BCUT2D eigenvalue weighted by atomic mass is 10.2.